The number of halogens is 1. The molecule has 0 spiro atoms. The molecule has 182 valence electrons. The number of rotatable bonds is 7. The summed E-state index contributed by atoms with van der Waals surface area (Å²) in [5.41, 5.74) is 11.5. The molecule has 0 aliphatic carbocycles. The van der Waals surface area contributed by atoms with E-state index in [4.69, 9.17) is 15.2 Å². The molecule has 5 rings (SSSR count). The van der Waals surface area contributed by atoms with Crippen LogP contribution in [0.1, 0.15) is 22.9 Å². The molecule has 1 aliphatic heterocycles. The van der Waals surface area contributed by atoms with Crippen LogP contribution in [0.3, 0.4) is 0 Å². The SMILES string of the molecule is COc1ccc(CN2CC=CC2c2ccc(Oc3nccc(C)n3)c(F)c2)c(-c2ccc(N)cc2)c1. The third-order valence-corrected chi connectivity index (χ3v) is 6.24. The van der Waals surface area contributed by atoms with Crippen molar-refractivity contribution in [2.75, 3.05) is 19.4 Å². The van der Waals surface area contributed by atoms with Crippen LogP contribution in [0.2, 0.25) is 0 Å². The fourth-order valence-corrected chi connectivity index (χ4v) is 4.37. The lowest BCUT2D eigenvalue weighted by atomic mass is 9.98. The van der Waals surface area contributed by atoms with Crippen LogP contribution >= 0.6 is 0 Å². The van der Waals surface area contributed by atoms with E-state index in [2.05, 4.69) is 33.1 Å². The molecule has 2 heterocycles. The minimum absolute atomic E-state index is 0.0647. The fraction of sp³-hybridized carbons (Fsp3) is 0.172. The molecule has 0 amide bonds. The van der Waals surface area contributed by atoms with Crippen molar-refractivity contribution >= 4 is 5.69 Å². The van der Waals surface area contributed by atoms with E-state index in [1.165, 1.54) is 6.07 Å². The number of benzene rings is 3. The molecule has 0 fully saturated rings. The Morgan fingerprint density at radius 2 is 1.89 bits per heavy atom. The van der Waals surface area contributed by atoms with Crippen molar-refractivity contribution in [3.8, 4) is 28.6 Å². The second kappa shape index (κ2) is 10.2. The summed E-state index contributed by atoms with van der Waals surface area (Å²) < 4.78 is 26.0. The molecule has 2 N–H and O–H groups in total. The number of hydrogen-bond acceptors (Lipinski definition) is 6. The summed E-state index contributed by atoms with van der Waals surface area (Å²) in [6.07, 6.45) is 5.80. The standard InChI is InChI=1S/C29H27FN4O2/c1-19-13-14-32-29(33-19)36-28-12-8-21(16-26(28)30)27-4-3-15-34(27)18-22-7-11-24(35-2)17-25(22)20-5-9-23(31)10-6-20/h3-14,16-17,27H,15,18,31H2,1-2H3. The van der Waals surface area contributed by atoms with Crippen LogP contribution in [0.15, 0.2) is 85.1 Å². The van der Waals surface area contributed by atoms with E-state index in [0.717, 1.165) is 45.9 Å². The normalized spacial score (nSPS) is 15.2. The summed E-state index contributed by atoms with van der Waals surface area (Å²) in [6.45, 7) is 3.27. The fourth-order valence-electron chi connectivity index (χ4n) is 4.37. The van der Waals surface area contributed by atoms with E-state index in [0.29, 0.717) is 6.54 Å². The Morgan fingerprint density at radius 3 is 2.64 bits per heavy atom. The van der Waals surface area contributed by atoms with Gasteiger partial charge in [-0.3, -0.25) is 4.90 Å². The van der Waals surface area contributed by atoms with E-state index in [1.54, 1.807) is 25.4 Å². The van der Waals surface area contributed by atoms with Crippen molar-refractivity contribution in [3.63, 3.8) is 0 Å². The Labute approximate surface area is 209 Å². The predicted octanol–water partition coefficient (Wildman–Crippen LogP) is 6.09. The zero-order valence-corrected chi connectivity index (χ0v) is 20.2. The second-order valence-corrected chi connectivity index (χ2v) is 8.72. The summed E-state index contributed by atoms with van der Waals surface area (Å²) in [5, 5.41) is 0. The first-order chi connectivity index (χ1) is 17.5. The molecule has 1 aromatic heterocycles. The maximum absolute atomic E-state index is 15.0. The van der Waals surface area contributed by atoms with Crippen LogP contribution in [0, 0.1) is 12.7 Å². The highest BCUT2D eigenvalue weighted by Crippen LogP contribution is 2.35. The van der Waals surface area contributed by atoms with Crippen molar-refractivity contribution in [1.82, 2.24) is 14.9 Å². The van der Waals surface area contributed by atoms with Gasteiger partial charge >= 0.3 is 6.01 Å². The highest BCUT2D eigenvalue weighted by molar-refractivity contribution is 5.70. The van der Waals surface area contributed by atoms with Crippen molar-refractivity contribution < 1.29 is 13.9 Å². The van der Waals surface area contributed by atoms with Gasteiger partial charge in [0.05, 0.1) is 13.2 Å². The molecule has 7 heteroatoms. The Hall–Kier alpha value is -4.23. The van der Waals surface area contributed by atoms with E-state index in [9.17, 15) is 4.39 Å². The number of anilines is 1. The first kappa shape index (κ1) is 23.5. The van der Waals surface area contributed by atoms with Crippen LogP contribution in [0.25, 0.3) is 11.1 Å². The molecule has 0 saturated carbocycles. The molecule has 0 bridgehead atoms. The molecule has 0 radical (unpaired) electrons. The van der Waals surface area contributed by atoms with Crippen LogP contribution in [0.5, 0.6) is 17.5 Å². The van der Waals surface area contributed by atoms with Gasteiger partial charge in [-0.25, -0.2) is 14.4 Å². The first-order valence-corrected chi connectivity index (χ1v) is 11.7. The predicted molar refractivity (Wildman–Crippen MR) is 138 cm³/mol. The third-order valence-electron chi connectivity index (χ3n) is 6.24. The summed E-state index contributed by atoms with van der Waals surface area (Å²) in [4.78, 5) is 10.5. The number of methoxy groups -OCH3 is 1. The summed E-state index contributed by atoms with van der Waals surface area (Å²) in [6, 6.07) is 20.8. The number of ether oxygens (including phenoxy) is 2. The average Bonchev–Trinajstić information content (AvgIpc) is 3.34. The Kier molecular flexibility index (Phi) is 6.64. The summed E-state index contributed by atoms with van der Waals surface area (Å²) in [7, 11) is 1.66. The molecule has 3 aromatic carbocycles. The first-order valence-electron chi connectivity index (χ1n) is 11.7. The molecule has 6 nitrogen and oxygen atoms in total. The zero-order chi connectivity index (χ0) is 25.1. The number of aromatic nitrogens is 2. The molecule has 0 saturated heterocycles. The van der Waals surface area contributed by atoms with Gasteiger partial charge in [-0.05, 0) is 71.6 Å². The number of nitrogens with zero attached hydrogens (tertiary/aromatic N) is 3. The van der Waals surface area contributed by atoms with Gasteiger partial charge in [0.25, 0.3) is 0 Å². The lowest BCUT2D eigenvalue weighted by molar-refractivity contribution is 0.266. The van der Waals surface area contributed by atoms with Crippen LogP contribution in [-0.2, 0) is 6.54 Å². The molecular formula is C29H27FN4O2. The van der Waals surface area contributed by atoms with Gasteiger partial charge in [-0.15, -0.1) is 0 Å². The molecular weight excluding hydrogens is 455 g/mol. The maximum Gasteiger partial charge on any atom is 0.322 e. The Bertz CT molecular complexity index is 1410. The van der Waals surface area contributed by atoms with Gasteiger partial charge in [0, 0.05) is 30.7 Å². The highest BCUT2D eigenvalue weighted by Gasteiger charge is 2.24. The van der Waals surface area contributed by atoms with Crippen LogP contribution < -0.4 is 15.2 Å². The van der Waals surface area contributed by atoms with Crippen molar-refractivity contribution in [2.45, 2.75) is 19.5 Å². The van der Waals surface area contributed by atoms with Crippen LogP contribution in [-0.4, -0.2) is 28.5 Å². The Balaban J connectivity index is 1.39. The van der Waals surface area contributed by atoms with Crippen molar-refractivity contribution in [3.05, 3.63) is 108 Å². The molecule has 1 atom stereocenters. The average molecular weight is 483 g/mol. The molecule has 36 heavy (non-hydrogen) atoms. The summed E-state index contributed by atoms with van der Waals surface area (Å²) in [5.74, 6) is 0.431. The highest BCUT2D eigenvalue weighted by atomic mass is 19.1. The van der Waals surface area contributed by atoms with Crippen LogP contribution in [0.4, 0.5) is 10.1 Å². The monoisotopic (exact) mass is 482 g/mol. The van der Waals surface area contributed by atoms with Gasteiger partial charge in [-0.2, -0.15) is 0 Å². The minimum Gasteiger partial charge on any atom is -0.497 e. The second-order valence-electron chi connectivity index (χ2n) is 8.72. The van der Waals surface area contributed by atoms with E-state index >= 15 is 0 Å². The van der Waals surface area contributed by atoms with Gasteiger partial charge in [-0.1, -0.05) is 36.4 Å². The third kappa shape index (κ3) is 5.06. The largest absolute Gasteiger partial charge is 0.497 e. The lowest BCUT2D eigenvalue weighted by Crippen LogP contribution is -2.24. The number of aryl methyl sites for hydroxylation is 1. The molecule has 1 aliphatic rings. The summed E-state index contributed by atoms with van der Waals surface area (Å²) >= 11 is 0. The number of nitrogen functional groups attached to an aromatic ring is 1. The van der Waals surface area contributed by atoms with E-state index in [1.807, 2.05) is 49.4 Å². The van der Waals surface area contributed by atoms with Gasteiger partial charge in [0.2, 0.25) is 0 Å². The molecule has 1 unspecified atom stereocenters. The van der Waals surface area contributed by atoms with E-state index < -0.39 is 5.82 Å². The van der Waals surface area contributed by atoms with E-state index in [-0.39, 0.29) is 17.8 Å². The Morgan fingerprint density at radius 1 is 1.06 bits per heavy atom. The number of hydrogen-bond donors (Lipinski definition) is 1. The topological polar surface area (TPSA) is 73.5 Å². The molecule has 4 aromatic rings. The van der Waals surface area contributed by atoms with Gasteiger partial charge in [0.15, 0.2) is 11.6 Å². The smallest absolute Gasteiger partial charge is 0.322 e. The maximum atomic E-state index is 15.0. The zero-order valence-electron chi connectivity index (χ0n) is 20.2. The quantitative estimate of drug-likeness (QED) is 0.254. The number of nitrogens with two attached hydrogens (primary N) is 1. The minimum atomic E-state index is -0.454. The van der Waals surface area contributed by atoms with Crippen molar-refractivity contribution in [1.29, 1.82) is 0 Å². The van der Waals surface area contributed by atoms with Gasteiger partial charge < -0.3 is 15.2 Å². The van der Waals surface area contributed by atoms with Crippen molar-refractivity contribution in [2.24, 2.45) is 0 Å². The van der Waals surface area contributed by atoms with Gasteiger partial charge in [0.1, 0.15) is 5.75 Å². The lowest BCUT2D eigenvalue weighted by Gasteiger charge is -2.26.